The standard InChI is InChI=1S/2C5H5.BF4.Fe/c2*1-2-4-5-3-1;2-1(3,4)5;/h2*1-3H,4H2;;/q3*-1;+2. The normalized spacial score (nSPS) is 14.8. The second-order valence-corrected chi connectivity index (χ2v) is 2.50. The molecule has 0 aliphatic heterocycles. The SMILES string of the molecule is F[B-](F)(F)F.[C-]1=CC=CC1.[C-]1=CC=CC1.[Fe+2]. The third-order valence-electron chi connectivity index (χ3n) is 1.17. The summed E-state index contributed by atoms with van der Waals surface area (Å²) in [5.74, 6) is 0. The van der Waals surface area contributed by atoms with Crippen LogP contribution in [0.15, 0.2) is 36.5 Å². The maximum atomic E-state index is 9.75. The number of hydrogen-bond donors (Lipinski definition) is 0. The molecule has 0 bridgehead atoms. The maximum Gasteiger partial charge on any atom is 2.00 e. The van der Waals surface area contributed by atoms with E-state index in [2.05, 4.69) is 24.3 Å². The van der Waals surface area contributed by atoms with Gasteiger partial charge in [0.25, 0.3) is 0 Å². The molecule has 0 nitrogen and oxygen atoms in total. The molecule has 0 N–H and O–H groups in total. The van der Waals surface area contributed by atoms with Gasteiger partial charge >= 0.3 is 24.3 Å². The minimum atomic E-state index is -6.00. The van der Waals surface area contributed by atoms with Crippen molar-refractivity contribution < 1.29 is 34.3 Å². The van der Waals surface area contributed by atoms with Gasteiger partial charge in [0.15, 0.2) is 0 Å². The zero-order valence-corrected chi connectivity index (χ0v) is 9.43. The van der Waals surface area contributed by atoms with Gasteiger partial charge in [-0.3, -0.25) is 12.2 Å². The first-order valence-electron chi connectivity index (χ1n) is 4.31. The number of rotatable bonds is 0. The Kier molecular flexibility index (Phi) is 11.9. The molecule has 0 spiro atoms. The quantitative estimate of drug-likeness (QED) is 0.356. The average molecular weight is 273 g/mol. The Labute approximate surface area is 103 Å². The topological polar surface area (TPSA) is 0 Å². The summed E-state index contributed by atoms with van der Waals surface area (Å²) in [5.41, 5.74) is 0. The van der Waals surface area contributed by atoms with Gasteiger partial charge in [0.05, 0.1) is 0 Å². The van der Waals surface area contributed by atoms with Crippen LogP contribution in [0.3, 0.4) is 0 Å². The molecule has 0 atom stereocenters. The predicted molar refractivity (Wildman–Crippen MR) is 53.3 cm³/mol. The number of hydrogen-bond acceptors (Lipinski definition) is 0. The molecule has 0 heterocycles. The Bertz CT molecular complexity index is 218. The van der Waals surface area contributed by atoms with Crippen LogP contribution in [0.4, 0.5) is 17.3 Å². The summed E-state index contributed by atoms with van der Waals surface area (Å²) in [6.45, 7) is 0. The van der Waals surface area contributed by atoms with Crippen molar-refractivity contribution in [2.24, 2.45) is 0 Å². The van der Waals surface area contributed by atoms with Crippen LogP contribution in [0.2, 0.25) is 0 Å². The van der Waals surface area contributed by atoms with Crippen molar-refractivity contribution in [3.05, 3.63) is 48.6 Å². The molecule has 0 aromatic heterocycles. The minimum Gasteiger partial charge on any atom is -0.418 e. The van der Waals surface area contributed by atoms with E-state index in [1.807, 2.05) is 24.3 Å². The van der Waals surface area contributed by atoms with E-state index in [4.69, 9.17) is 0 Å². The summed E-state index contributed by atoms with van der Waals surface area (Å²) in [6, 6.07) is 0. The average Bonchev–Trinajstić information content (AvgIpc) is 2.81. The van der Waals surface area contributed by atoms with Crippen LogP contribution in [0.1, 0.15) is 12.8 Å². The van der Waals surface area contributed by atoms with Gasteiger partial charge in [-0.1, -0.05) is 0 Å². The van der Waals surface area contributed by atoms with Gasteiger partial charge in [-0.2, -0.15) is 12.2 Å². The van der Waals surface area contributed by atoms with Crippen LogP contribution in [0, 0.1) is 12.2 Å². The van der Waals surface area contributed by atoms with Crippen molar-refractivity contribution in [1.82, 2.24) is 0 Å². The summed E-state index contributed by atoms with van der Waals surface area (Å²) in [4.78, 5) is 0. The van der Waals surface area contributed by atoms with Crippen LogP contribution >= 0.6 is 0 Å². The summed E-state index contributed by atoms with van der Waals surface area (Å²) in [5, 5.41) is 0. The van der Waals surface area contributed by atoms with Crippen LogP contribution in [0.5, 0.6) is 0 Å². The molecule has 6 heteroatoms. The Morgan fingerprint density at radius 2 is 1.12 bits per heavy atom. The molecule has 0 aromatic rings. The van der Waals surface area contributed by atoms with Crippen molar-refractivity contribution in [3.8, 4) is 0 Å². The fourth-order valence-electron chi connectivity index (χ4n) is 0.680. The molecule has 0 aromatic carbocycles. The predicted octanol–water partition coefficient (Wildman–Crippen LogP) is 3.91. The summed E-state index contributed by atoms with van der Waals surface area (Å²) in [6.07, 6.45) is 20.0. The van der Waals surface area contributed by atoms with Gasteiger partial charge in [0.2, 0.25) is 0 Å². The summed E-state index contributed by atoms with van der Waals surface area (Å²) >= 11 is 0. The van der Waals surface area contributed by atoms with Gasteiger partial charge in [0.1, 0.15) is 0 Å². The fraction of sp³-hybridized carbons (Fsp3) is 0.200. The van der Waals surface area contributed by atoms with Crippen molar-refractivity contribution in [1.29, 1.82) is 0 Å². The first kappa shape index (κ1) is 17.7. The molecule has 0 saturated carbocycles. The van der Waals surface area contributed by atoms with E-state index in [9.17, 15) is 17.3 Å². The van der Waals surface area contributed by atoms with Crippen LogP contribution in [-0.4, -0.2) is 7.25 Å². The van der Waals surface area contributed by atoms with Gasteiger partial charge < -0.3 is 17.3 Å². The molecule has 0 radical (unpaired) electrons. The zero-order chi connectivity index (χ0) is 11.6. The number of allylic oxidation sites excluding steroid dienone is 8. The fourth-order valence-corrected chi connectivity index (χ4v) is 0.680. The molecule has 16 heavy (non-hydrogen) atoms. The van der Waals surface area contributed by atoms with Crippen LogP contribution in [-0.2, 0) is 17.1 Å². The third-order valence-corrected chi connectivity index (χ3v) is 1.17. The largest absolute Gasteiger partial charge is 2.00 e. The first-order chi connectivity index (χ1) is 7.00. The van der Waals surface area contributed by atoms with Crippen molar-refractivity contribution in [3.63, 3.8) is 0 Å². The monoisotopic (exact) mass is 273 g/mol. The maximum absolute atomic E-state index is 9.75. The van der Waals surface area contributed by atoms with Crippen LogP contribution in [0.25, 0.3) is 0 Å². The Morgan fingerprint density at radius 1 is 0.812 bits per heavy atom. The van der Waals surface area contributed by atoms with Gasteiger partial charge in [-0.25, -0.2) is 24.3 Å². The van der Waals surface area contributed by atoms with Crippen molar-refractivity contribution in [2.45, 2.75) is 12.8 Å². The third kappa shape index (κ3) is 23.2. The van der Waals surface area contributed by atoms with E-state index in [1.165, 1.54) is 0 Å². The second kappa shape index (κ2) is 10.8. The van der Waals surface area contributed by atoms with Gasteiger partial charge in [0, 0.05) is 0 Å². The summed E-state index contributed by atoms with van der Waals surface area (Å²) in [7, 11) is -6.00. The molecule has 2 aliphatic rings. The van der Waals surface area contributed by atoms with E-state index in [0.29, 0.717) is 0 Å². The molecular formula is C10H10BF4Fe-. The van der Waals surface area contributed by atoms with E-state index < -0.39 is 7.25 Å². The molecule has 90 valence electrons. The van der Waals surface area contributed by atoms with E-state index in [0.717, 1.165) is 12.8 Å². The van der Waals surface area contributed by atoms with Gasteiger partial charge in [-0.15, -0.1) is 12.8 Å². The first-order valence-corrected chi connectivity index (χ1v) is 4.31. The Hall–Kier alpha value is -0.736. The van der Waals surface area contributed by atoms with Gasteiger partial charge in [-0.05, 0) is 0 Å². The molecule has 0 unspecified atom stereocenters. The minimum absolute atomic E-state index is 0. The van der Waals surface area contributed by atoms with E-state index in [-0.39, 0.29) is 17.1 Å². The zero-order valence-electron chi connectivity index (χ0n) is 8.32. The van der Waals surface area contributed by atoms with E-state index >= 15 is 0 Å². The molecular weight excluding hydrogens is 263 g/mol. The Balaban J connectivity index is 0. The molecule has 0 saturated heterocycles. The van der Waals surface area contributed by atoms with Crippen LogP contribution < -0.4 is 0 Å². The summed E-state index contributed by atoms with van der Waals surface area (Å²) < 4.78 is 39.0. The molecule has 0 amide bonds. The van der Waals surface area contributed by atoms with Crippen molar-refractivity contribution >= 4 is 7.25 Å². The molecule has 2 aliphatic carbocycles. The molecule has 0 fully saturated rings. The second-order valence-electron chi connectivity index (χ2n) is 2.50. The smallest absolute Gasteiger partial charge is 0.418 e. The van der Waals surface area contributed by atoms with E-state index in [1.54, 1.807) is 0 Å². The number of halogens is 4. The Morgan fingerprint density at radius 3 is 1.19 bits per heavy atom. The van der Waals surface area contributed by atoms with Crippen molar-refractivity contribution in [2.75, 3.05) is 0 Å². The molecule has 2 rings (SSSR count).